The van der Waals surface area contributed by atoms with Crippen LogP contribution in [0.4, 0.5) is 13.2 Å². The van der Waals surface area contributed by atoms with Gasteiger partial charge in [-0.3, -0.25) is 4.90 Å². The van der Waals surface area contributed by atoms with E-state index in [-0.39, 0.29) is 6.42 Å². The van der Waals surface area contributed by atoms with Crippen LogP contribution in [0.25, 0.3) is 0 Å². The quantitative estimate of drug-likeness (QED) is 0.846. The number of nitrogens with zero attached hydrogens (tertiary/aromatic N) is 2. The summed E-state index contributed by atoms with van der Waals surface area (Å²) in [7, 11) is 0. The van der Waals surface area contributed by atoms with Gasteiger partial charge in [0, 0.05) is 43.2 Å². The number of halogens is 3. The third-order valence-corrected chi connectivity index (χ3v) is 4.66. The molecule has 21 heavy (non-hydrogen) atoms. The highest BCUT2D eigenvalue weighted by Crippen LogP contribution is 2.30. The van der Waals surface area contributed by atoms with Crippen LogP contribution in [0.3, 0.4) is 0 Å². The molecule has 1 N–H and O–H groups in total. The van der Waals surface area contributed by atoms with E-state index in [1.165, 1.54) is 18.9 Å². The number of rotatable bonds is 5. The molecule has 0 bridgehead atoms. The third-order valence-electron chi connectivity index (χ3n) is 3.76. The summed E-state index contributed by atoms with van der Waals surface area (Å²) in [5.74, 6) is 0. The van der Waals surface area contributed by atoms with Crippen molar-refractivity contribution in [3.63, 3.8) is 0 Å². The van der Waals surface area contributed by atoms with E-state index >= 15 is 0 Å². The molecular formula is C14H18F3N3S. The minimum Gasteiger partial charge on any atom is -0.308 e. The summed E-state index contributed by atoms with van der Waals surface area (Å²) < 4.78 is 37.6. The zero-order chi connectivity index (χ0) is 14.9. The summed E-state index contributed by atoms with van der Waals surface area (Å²) >= 11 is 1.62. The standard InChI is InChI=1S/C14H18F3N3S/c15-14(16,17)10-3-5-20(6-4-10)8-12-9-21-13(19-12)7-18-11-1-2-11/h3,9,11,18H,1-2,4-8H2. The van der Waals surface area contributed by atoms with Gasteiger partial charge in [-0.15, -0.1) is 11.3 Å². The zero-order valence-electron chi connectivity index (χ0n) is 11.6. The van der Waals surface area contributed by atoms with Crippen LogP contribution in [-0.2, 0) is 13.1 Å². The van der Waals surface area contributed by atoms with Crippen LogP contribution < -0.4 is 5.32 Å². The highest BCUT2D eigenvalue weighted by molar-refractivity contribution is 7.09. The monoisotopic (exact) mass is 317 g/mol. The van der Waals surface area contributed by atoms with Gasteiger partial charge in [0.05, 0.1) is 5.69 Å². The van der Waals surface area contributed by atoms with Crippen LogP contribution in [0, 0.1) is 0 Å². The largest absolute Gasteiger partial charge is 0.412 e. The Balaban J connectivity index is 1.49. The van der Waals surface area contributed by atoms with Gasteiger partial charge in [-0.25, -0.2) is 4.98 Å². The van der Waals surface area contributed by atoms with Crippen molar-refractivity contribution >= 4 is 11.3 Å². The second-order valence-electron chi connectivity index (χ2n) is 5.60. The van der Waals surface area contributed by atoms with Crippen molar-refractivity contribution in [2.24, 2.45) is 0 Å². The Morgan fingerprint density at radius 3 is 2.81 bits per heavy atom. The Morgan fingerprint density at radius 2 is 2.19 bits per heavy atom. The second-order valence-corrected chi connectivity index (χ2v) is 6.54. The molecule has 3 rings (SSSR count). The van der Waals surface area contributed by atoms with Crippen molar-refractivity contribution in [2.45, 2.75) is 44.6 Å². The molecule has 0 unspecified atom stereocenters. The van der Waals surface area contributed by atoms with Gasteiger partial charge in [0.1, 0.15) is 5.01 Å². The Hall–Kier alpha value is -0.920. The van der Waals surface area contributed by atoms with Crippen LogP contribution in [0.5, 0.6) is 0 Å². The number of hydrogen-bond acceptors (Lipinski definition) is 4. The lowest BCUT2D eigenvalue weighted by Gasteiger charge is -2.26. The molecule has 116 valence electrons. The number of aromatic nitrogens is 1. The highest BCUT2D eigenvalue weighted by Gasteiger charge is 2.34. The van der Waals surface area contributed by atoms with E-state index < -0.39 is 11.7 Å². The van der Waals surface area contributed by atoms with Gasteiger partial charge in [0.15, 0.2) is 0 Å². The molecule has 1 aromatic rings. The lowest BCUT2D eigenvalue weighted by atomic mass is 10.1. The van der Waals surface area contributed by atoms with Crippen molar-refractivity contribution in [2.75, 3.05) is 13.1 Å². The van der Waals surface area contributed by atoms with E-state index in [4.69, 9.17) is 0 Å². The lowest BCUT2D eigenvalue weighted by molar-refractivity contribution is -0.0960. The van der Waals surface area contributed by atoms with Crippen molar-refractivity contribution in [3.8, 4) is 0 Å². The Bertz CT molecular complexity index is 520. The molecule has 3 nitrogen and oxygen atoms in total. The summed E-state index contributed by atoms with van der Waals surface area (Å²) in [4.78, 5) is 6.55. The predicted molar refractivity (Wildman–Crippen MR) is 76.0 cm³/mol. The molecule has 0 atom stereocenters. The van der Waals surface area contributed by atoms with E-state index in [1.807, 2.05) is 10.3 Å². The van der Waals surface area contributed by atoms with Gasteiger partial charge < -0.3 is 5.32 Å². The molecule has 1 aromatic heterocycles. The van der Waals surface area contributed by atoms with E-state index in [9.17, 15) is 13.2 Å². The zero-order valence-corrected chi connectivity index (χ0v) is 12.4. The van der Waals surface area contributed by atoms with E-state index in [1.54, 1.807) is 11.3 Å². The van der Waals surface area contributed by atoms with Gasteiger partial charge >= 0.3 is 6.18 Å². The van der Waals surface area contributed by atoms with Gasteiger partial charge in [-0.1, -0.05) is 6.08 Å². The topological polar surface area (TPSA) is 28.2 Å². The molecule has 1 aliphatic heterocycles. The predicted octanol–water partition coefficient (Wildman–Crippen LogP) is 3.09. The van der Waals surface area contributed by atoms with Gasteiger partial charge in [0.25, 0.3) is 0 Å². The molecule has 1 aliphatic carbocycles. The Kier molecular flexibility index (Phi) is 4.33. The van der Waals surface area contributed by atoms with Crippen LogP contribution in [-0.4, -0.2) is 35.2 Å². The molecule has 7 heteroatoms. The van der Waals surface area contributed by atoms with Crippen LogP contribution in [0.15, 0.2) is 17.0 Å². The van der Waals surface area contributed by atoms with E-state index in [2.05, 4.69) is 10.3 Å². The molecule has 0 radical (unpaired) electrons. The average molecular weight is 317 g/mol. The van der Waals surface area contributed by atoms with Crippen molar-refractivity contribution < 1.29 is 13.2 Å². The molecule has 2 aliphatic rings. The average Bonchev–Trinajstić information content (AvgIpc) is 3.16. The minimum absolute atomic E-state index is 0.0731. The first-order valence-corrected chi connectivity index (χ1v) is 8.04. The summed E-state index contributed by atoms with van der Waals surface area (Å²) in [5, 5.41) is 6.47. The van der Waals surface area contributed by atoms with E-state index in [0.29, 0.717) is 25.7 Å². The Labute approximate surface area is 125 Å². The first kappa shape index (κ1) is 15.0. The SMILES string of the molecule is FC(F)(F)C1=CCN(Cc2csc(CNC3CC3)n2)CC1. The Morgan fingerprint density at radius 1 is 1.38 bits per heavy atom. The summed E-state index contributed by atoms with van der Waals surface area (Å²) in [5.41, 5.74) is 0.558. The lowest BCUT2D eigenvalue weighted by Crippen LogP contribution is -2.31. The van der Waals surface area contributed by atoms with Crippen LogP contribution in [0.2, 0.25) is 0 Å². The summed E-state index contributed by atoms with van der Waals surface area (Å²) in [6.45, 7) is 2.22. The normalized spacial score (nSPS) is 20.6. The molecule has 0 amide bonds. The first-order valence-electron chi connectivity index (χ1n) is 7.16. The number of nitrogens with one attached hydrogen (secondary N) is 1. The van der Waals surface area contributed by atoms with E-state index in [0.717, 1.165) is 17.2 Å². The maximum absolute atomic E-state index is 12.5. The molecule has 1 saturated carbocycles. The van der Waals surface area contributed by atoms with Gasteiger partial charge in [-0.2, -0.15) is 13.2 Å². The molecular weight excluding hydrogens is 299 g/mol. The molecule has 0 aromatic carbocycles. The smallest absolute Gasteiger partial charge is 0.308 e. The molecule has 0 spiro atoms. The van der Waals surface area contributed by atoms with Crippen LogP contribution >= 0.6 is 11.3 Å². The highest BCUT2D eigenvalue weighted by atomic mass is 32.1. The fourth-order valence-corrected chi connectivity index (χ4v) is 3.10. The maximum atomic E-state index is 12.5. The number of hydrogen-bond donors (Lipinski definition) is 1. The van der Waals surface area contributed by atoms with Gasteiger partial charge in [0.2, 0.25) is 0 Å². The first-order chi connectivity index (χ1) is 10.0. The second kappa shape index (κ2) is 6.06. The van der Waals surface area contributed by atoms with Crippen molar-refractivity contribution in [1.82, 2.24) is 15.2 Å². The fourth-order valence-electron chi connectivity index (χ4n) is 2.36. The third kappa shape index (κ3) is 4.28. The number of thiazole rings is 1. The maximum Gasteiger partial charge on any atom is 0.412 e. The van der Waals surface area contributed by atoms with Gasteiger partial charge in [-0.05, 0) is 19.3 Å². The van der Waals surface area contributed by atoms with Crippen molar-refractivity contribution in [1.29, 1.82) is 0 Å². The molecule has 2 heterocycles. The van der Waals surface area contributed by atoms with Crippen molar-refractivity contribution in [3.05, 3.63) is 27.7 Å². The fraction of sp³-hybridized carbons (Fsp3) is 0.643. The van der Waals surface area contributed by atoms with Crippen LogP contribution in [0.1, 0.15) is 30.0 Å². The molecule has 1 fully saturated rings. The molecule has 0 saturated heterocycles. The minimum atomic E-state index is -4.17. The summed E-state index contributed by atoms with van der Waals surface area (Å²) in [6.07, 6.45) is -0.302. The number of alkyl halides is 3. The summed E-state index contributed by atoms with van der Waals surface area (Å²) in [6, 6.07) is 0.658.